The standard InChI is InChI=1S/C22H25N3O3/c1-2-14-23-20(26)11-12-21(27)24-18-9-7-17(8-10-18)22(28)25-15-13-16-5-3-4-6-19(16)25/h3-10H,2,11-15H2,1H3,(H,23,26)(H,24,27). The van der Waals surface area contributed by atoms with E-state index in [2.05, 4.69) is 10.6 Å². The van der Waals surface area contributed by atoms with Crippen LogP contribution in [0.15, 0.2) is 48.5 Å². The molecule has 0 unspecified atom stereocenters. The van der Waals surface area contributed by atoms with Gasteiger partial charge in [0.15, 0.2) is 0 Å². The highest BCUT2D eigenvalue weighted by molar-refractivity contribution is 6.07. The minimum atomic E-state index is -0.223. The molecule has 0 saturated heterocycles. The van der Waals surface area contributed by atoms with E-state index >= 15 is 0 Å². The van der Waals surface area contributed by atoms with Crippen LogP contribution in [0.1, 0.15) is 42.1 Å². The van der Waals surface area contributed by atoms with E-state index in [0.717, 1.165) is 18.5 Å². The number of hydrogen-bond donors (Lipinski definition) is 2. The third kappa shape index (κ3) is 4.76. The molecule has 0 aromatic heterocycles. The molecule has 0 saturated carbocycles. The maximum atomic E-state index is 12.8. The Bertz CT molecular complexity index is 862. The van der Waals surface area contributed by atoms with Crippen molar-refractivity contribution in [2.45, 2.75) is 32.6 Å². The maximum absolute atomic E-state index is 12.8. The molecule has 2 N–H and O–H groups in total. The molecule has 2 aromatic rings. The van der Waals surface area contributed by atoms with Gasteiger partial charge in [0.05, 0.1) is 0 Å². The van der Waals surface area contributed by atoms with Gasteiger partial charge in [-0.15, -0.1) is 0 Å². The molecule has 6 nitrogen and oxygen atoms in total. The van der Waals surface area contributed by atoms with Crippen LogP contribution >= 0.6 is 0 Å². The van der Waals surface area contributed by atoms with E-state index in [9.17, 15) is 14.4 Å². The van der Waals surface area contributed by atoms with Crippen molar-refractivity contribution in [1.29, 1.82) is 0 Å². The summed E-state index contributed by atoms with van der Waals surface area (Å²) in [6.07, 6.45) is 2.02. The number of hydrogen-bond acceptors (Lipinski definition) is 3. The van der Waals surface area contributed by atoms with Gasteiger partial charge in [0, 0.05) is 42.9 Å². The van der Waals surface area contributed by atoms with Crippen molar-refractivity contribution in [1.82, 2.24) is 5.32 Å². The van der Waals surface area contributed by atoms with Gasteiger partial charge in [0.25, 0.3) is 5.91 Å². The first-order chi connectivity index (χ1) is 13.6. The van der Waals surface area contributed by atoms with Gasteiger partial charge in [0.1, 0.15) is 0 Å². The molecular formula is C22H25N3O3. The van der Waals surface area contributed by atoms with Gasteiger partial charge in [-0.1, -0.05) is 25.1 Å². The first kappa shape index (κ1) is 19.6. The average Bonchev–Trinajstić information content (AvgIpc) is 3.15. The van der Waals surface area contributed by atoms with Crippen LogP contribution in [0.4, 0.5) is 11.4 Å². The Labute approximate surface area is 164 Å². The summed E-state index contributed by atoms with van der Waals surface area (Å²) in [5.74, 6) is -0.390. The molecule has 0 bridgehead atoms. The van der Waals surface area contributed by atoms with Gasteiger partial charge < -0.3 is 15.5 Å². The van der Waals surface area contributed by atoms with Crippen molar-refractivity contribution in [2.24, 2.45) is 0 Å². The lowest BCUT2D eigenvalue weighted by molar-refractivity contribution is -0.124. The number of amides is 3. The molecule has 6 heteroatoms. The second-order valence-corrected chi connectivity index (χ2v) is 6.81. The van der Waals surface area contributed by atoms with Gasteiger partial charge in [-0.2, -0.15) is 0 Å². The van der Waals surface area contributed by atoms with Crippen LogP contribution in [0.3, 0.4) is 0 Å². The Balaban J connectivity index is 1.54. The molecule has 0 spiro atoms. The summed E-state index contributed by atoms with van der Waals surface area (Å²) in [5.41, 5.74) is 3.33. The fourth-order valence-corrected chi connectivity index (χ4v) is 3.20. The summed E-state index contributed by atoms with van der Waals surface area (Å²) in [4.78, 5) is 38.1. The number of rotatable bonds is 7. The number of anilines is 2. The monoisotopic (exact) mass is 379 g/mol. The molecule has 0 atom stereocenters. The third-order valence-corrected chi connectivity index (χ3v) is 4.70. The van der Waals surface area contributed by atoms with Crippen LogP contribution in [0.5, 0.6) is 0 Å². The van der Waals surface area contributed by atoms with Crippen molar-refractivity contribution in [2.75, 3.05) is 23.3 Å². The molecule has 3 amide bonds. The summed E-state index contributed by atoms with van der Waals surface area (Å²) in [5, 5.41) is 5.51. The Hall–Kier alpha value is -3.15. The van der Waals surface area contributed by atoms with Gasteiger partial charge in [-0.3, -0.25) is 14.4 Å². The van der Waals surface area contributed by atoms with Gasteiger partial charge in [-0.05, 0) is 48.7 Å². The molecule has 0 radical (unpaired) electrons. The molecule has 1 aliphatic rings. The minimum Gasteiger partial charge on any atom is -0.356 e. The molecule has 1 heterocycles. The predicted octanol–water partition coefficient (Wildman–Crippen LogP) is 3.13. The highest BCUT2D eigenvalue weighted by atomic mass is 16.2. The van der Waals surface area contributed by atoms with E-state index in [1.165, 1.54) is 5.56 Å². The van der Waals surface area contributed by atoms with E-state index in [1.807, 2.05) is 31.2 Å². The fourth-order valence-electron chi connectivity index (χ4n) is 3.20. The summed E-state index contributed by atoms with van der Waals surface area (Å²) in [6.45, 7) is 3.28. The third-order valence-electron chi connectivity index (χ3n) is 4.70. The van der Waals surface area contributed by atoms with Crippen LogP contribution < -0.4 is 15.5 Å². The Morgan fingerprint density at radius 3 is 2.43 bits per heavy atom. The SMILES string of the molecule is CCCNC(=O)CCC(=O)Nc1ccc(C(=O)N2CCc3ccccc32)cc1. The lowest BCUT2D eigenvalue weighted by Crippen LogP contribution is -2.28. The van der Waals surface area contributed by atoms with E-state index in [4.69, 9.17) is 0 Å². The van der Waals surface area contributed by atoms with Crippen molar-refractivity contribution < 1.29 is 14.4 Å². The number of nitrogens with one attached hydrogen (secondary N) is 2. The molecule has 146 valence electrons. The second kappa shape index (κ2) is 9.17. The Morgan fingerprint density at radius 1 is 0.964 bits per heavy atom. The zero-order chi connectivity index (χ0) is 19.9. The number of para-hydroxylation sites is 1. The van der Waals surface area contributed by atoms with Crippen molar-refractivity contribution in [3.63, 3.8) is 0 Å². The summed E-state index contributed by atoms with van der Waals surface area (Å²) in [7, 11) is 0. The summed E-state index contributed by atoms with van der Waals surface area (Å²) < 4.78 is 0. The summed E-state index contributed by atoms with van der Waals surface area (Å²) in [6, 6.07) is 14.8. The van der Waals surface area contributed by atoms with Crippen molar-refractivity contribution in [3.05, 3.63) is 59.7 Å². The average molecular weight is 379 g/mol. The zero-order valence-electron chi connectivity index (χ0n) is 16.0. The Morgan fingerprint density at radius 2 is 1.68 bits per heavy atom. The largest absolute Gasteiger partial charge is 0.356 e. The van der Waals surface area contributed by atoms with Crippen LogP contribution in [-0.2, 0) is 16.0 Å². The highest BCUT2D eigenvalue weighted by Gasteiger charge is 2.24. The second-order valence-electron chi connectivity index (χ2n) is 6.81. The van der Waals surface area contributed by atoms with Gasteiger partial charge in [-0.25, -0.2) is 0 Å². The first-order valence-corrected chi connectivity index (χ1v) is 9.65. The molecule has 0 aliphatic carbocycles. The lowest BCUT2D eigenvalue weighted by Gasteiger charge is -2.17. The molecule has 3 rings (SSSR count). The molecule has 2 aromatic carbocycles. The van der Waals surface area contributed by atoms with Crippen LogP contribution in [-0.4, -0.2) is 30.8 Å². The van der Waals surface area contributed by atoms with Crippen LogP contribution in [0, 0.1) is 0 Å². The number of carbonyl (C=O) groups is 3. The highest BCUT2D eigenvalue weighted by Crippen LogP contribution is 2.29. The number of nitrogens with zero attached hydrogens (tertiary/aromatic N) is 1. The van der Waals surface area contributed by atoms with Crippen LogP contribution in [0.2, 0.25) is 0 Å². The predicted molar refractivity (Wildman–Crippen MR) is 109 cm³/mol. The zero-order valence-corrected chi connectivity index (χ0v) is 16.0. The topological polar surface area (TPSA) is 78.5 Å². The van der Waals surface area contributed by atoms with Crippen molar-refractivity contribution in [3.8, 4) is 0 Å². The van der Waals surface area contributed by atoms with E-state index < -0.39 is 0 Å². The fraction of sp³-hybridized carbons (Fsp3) is 0.318. The molecular weight excluding hydrogens is 354 g/mol. The first-order valence-electron chi connectivity index (χ1n) is 9.65. The number of fused-ring (bicyclic) bond motifs is 1. The maximum Gasteiger partial charge on any atom is 0.258 e. The minimum absolute atomic E-state index is 0.0459. The van der Waals surface area contributed by atoms with E-state index in [1.54, 1.807) is 29.2 Å². The molecule has 0 fully saturated rings. The molecule has 28 heavy (non-hydrogen) atoms. The number of benzene rings is 2. The van der Waals surface area contributed by atoms with E-state index in [0.29, 0.717) is 24.3 Å². The van der Waals surface area contributed by atoms with Gasteiger partial charge >= 0.3 is 0 Å². The smallest absolute Gasteiger partial charge is 0.258 e. The normalized spacial score (nSPS) is 12.4. The molecule has 1 aliphatic heterocycles. The Kier molecular flexibility index (Phi) is 6.42. The summed E-state index contributed by atoms with van der Waals surface area (Å²) >= 11 is 0. The van der Waals surface area contributed by atoms with Gasteiger partial charge in [0.2, 0.25) is 11.8 Å². The van der Waals surface area contributed by atoms with Crippen molar-refractivity contribution >= 4 is 29.1 Å². The number of carbonyl (C=O) groups excluding carboxylic acids is 3. The van der Waals surface area contributed by atoms with Crippen LogP contribution in [0.25, 0.3) is 0 Å². The quantitative estimate of drug-likeness (QED) is 0.776. The lowest BCUT2D eigenvalue weighted by atomic mass is 10.1. The van der Waals surface area contributed by atoms with E-state index in [-0.39, 0.29) is 30.6 Å².